The summed E-state index contributed by atoms with van der Waals surface area (Å²) < 4.78 is 10.9. The van der Waals surface area contributed by atoms with Gasteiger partial charge in [-0.3, -0.25) is 9.59 Å². The molecule has 0 spiro atoms. The smallest absolute Gasteiger partial charge is 0.328 e. The number of fused-ring (bicyclic) bond motifs is 1. The van der Waals surface area contributed by atoms with Crippen molar-refractivity contribution in [1.82, 2.24) is 0 Å². The molecule has 122 valence electrons. The van der Waals surface area contributed by atoms with E-state index in [1.807, 2.05) is 20.8 Å². The van der Waals surface area contributed by atoms with Crippen molar-refractivity contribution in [3.8, 4) is 12.1 Å². The lowest BCUT2D eigenvalue weighted by molar-refractivity contribution is -0.158. The molecule has 0 aromatic carbocycles. The molecule has 0 aromatic rings. The number of ether oxygens (including phenoxy) is 2. The Labute approximate surface area is 135 Å². The second-order valence-electron chi connectivity index (χ2n) is 7.46. The minimum absolute atomic E-state index is 0.126. The van der Waals surface area contributed by atoms with E-state index in [4.69, 9.17) is 9.47 Å². The fourth-order valence-corrected chi connectivity index (χ4v) is 4.34. The van der Waals surface area contributed by atoms with E-state index in [2.05, 4.69) is 12.1 Å². The number of carbonyl (C=O) groups is 2. The molecule has 6 atom stereocenters. The Kier molecular flexibility index (Phi) is 3.41. The van der Waals surface area contributed by atoms with Crippen LogP contribution in [0.1, 0.15) is 33.6 Å². The van der Waals surface area contributed by atoms with Crippen LogP contribution in [0.2, 0.25) is 0 Å². The summed E-state index contributed by atoms with van der Waals surface area (Å²) in [5.74, 6) is -2.10. The Hall–Kier alpha value is -2.08. The van der Waals surface area contributed by atoms with Gasteiger partial charge in [0.25, 0.3) is 0 Å². The lowest BCUT2D eigenvalue weighted by atomic mass is 9.65. The molecule has 3 aliphatic rings. The lowest BCUT2D eigenvalue weighted by Gasteiger charge is -2.32. The van der Waals surface area contributed by atoms with Crippen LogP contribution in [0, 0.1) is 57.2 Å². The maximum absolute atomic E-state index is 12.2. The van der Waals surface area contributed by atoms with Gasteiger partial charge in [0.05, 0.1) is 30.1 Å². The summed E-state index contributed by atoms with van der Waals surface area (Å²) in [4.78, 5) is 24.4. The Morgan fingerprint density at radius 1 is 1.48 bits per heavy atom. The molecule has 6 heteroatoms. The third-order valence-corrected chi connectivity index (χ3v) is 6.15. The number of rotatable bonds is 4. The molecule has 1 saturated heterocycles. The third-order valence-electron chi connectivity index (χ3n) is 6.15. The zero-order valence-corrected chi connectivity index (χ0v) is 13.5. The predicted octanol–water partition coefficient (Wildman–Crippen LogP) is 1.81. The highest BCUT2D eigenvalue weighted by Crippen LogP contribution is 2.66. The van der Waals surface area contributed by atoms with Crippen LogP contribution in [0.3, 0.4) is 0 Å². The molecule has 2 aliphatic carbocycles. The number of nitriles is 2. The van der Waals surface area contributed by atoms with E-state index in [-0.39, 0.29) is 30.3 Å². The molecule has 1 aliphatic heterocycles. The van der Waals surface area contributed by atoms with Crippen LogP contribution in [-0.2, 0) is 19.1 Å². The maximum Gasteiger partial charge on any atom is 0.328 e. The van der Waals surface area contributed by atoms with Gasteiger partial charge in [-0.2, -0.15) is 10.5 Å². The molecule has 23 heavy (non-hydrogen) atoms. The van der Waals surface area contributed by atoms with Gasteiger partial charge in [-0.05, 0) is 32.6 Å². The number of hydrogen-bond donors (Lipinski definition) is 0. The zero-order chi connectivity index (χ0) is 17.0. The van der Waals surface area contributed by atoms with Crippen molar-refractivity contribution < 1.29 is 19.1 Å². The largest absolute Gasteiger partial charge is 0.465 e. The Morgan fingerprint density at radius 2 is 2.17 bits per heavy atom. The molecular weight excluding hydrogens is 296 g/mol. The van der Waals surface area contributed by atoms with Crippen LogP contribution in [0.15, 0.2) is 0 Å². The minimum Gasteiger partial charge on any atom is -0.465 e. The summed E-state index contributed by atoms with van der Waals surface area (Å²) in [5, 5.41) is 19.0. The van der Waals surface area contributed by atoms with Gasteiger partial charge in [0.1, 0.15) is 6.10 Å². The molecule has 3 fully saturated rings. The molecular formula is C17H20N2O4. The Morgan fingerprint density at radius 3 is 2.74 bits per heavy atom. The second kappa shape index (κ2) is 4.96. The topological polar surface area (TPSA) is 100 Å². The van der Waals surface area contributed by atoms with Crippen LogP contribution in [0.5, 0.6) is 0 Å². The summed E-state index contributed by atoms with van der Waals surface area (Å²) in [6.07, 6.45) is 0.871. The van der Waals surface area contributed by atoms with Crippen LogP contribution in [0.4, 0.5) is 0 Å². The van der Waals surface area contributed by atoms with E-state index in [1.165, 1.54) is 0 Å². The van der Waals surface area contributed by atoms with Gasteiger partial charge in [0.15, 0.2) is 5.41 Å². The molecule has 0 amide bonds. The molecule has 6 unspecified atom stereocenters. The maximum atomic E-state index is 12.2. The van der Waals surface area contributed by atoms with Crippen molar-refractivity contribution in [2.45, 2.75) is 39.7 Å². The van der Waals surface area contributed by atoms with Gasteiger partial charge < -0.3 is 9.47 Å². The molecule has 3 rings (SSSR count). The first-order chi connectivity index (χ1) is 10.8. The van der Waals surface area contributed by atoms with Gasteiger partial charge in [-0.25, -0.2) is 0 Å². The van der Waals surface area contributed by atoms with Gasteiger partial charge in [-0.1, -0.05) is 6.92 Å². The van der Waals surface area contributed by atoms with Crippen molar-refractivity contribution in [2.24, 2.45) is 34.5 Å². The highest BCUT2D eigenvalue weighted by molar-refractivity contribution is 5.85. The first-order valence-electron chi connectivity index (χ1n) is 8.02. The summed E-state index contributed by atoms with van der Waals surface area (Å²) in [6.45, 7) is 5.71. The normalized spacial score (nSPS) is 40.4. The molecule has 0 aromatic heterocycles. The van der Waals surface area contributed by atoms with Crippen LogP contribution in [-0.4, -0.2) is 24.6 Å². The minimum atomic E-state index is -1.31. The monoisotopic (exact) mass is 316 g/mol. The molecule has 1 heterocycles. The molecule has 2 saturated carbocycles. The molecule has 0 N–H and O–H groups in total. The summed E-state index contributed by atoms with van der Waals surface area (Å²) >= 11 is 0. The first-order valence-corrected chi connectivity index (χ1v) is 8.02. The average Bonchev–Trinajstić information content (AvgIpc) is 3.11. The quantitative estimate of drug-likeness (QED) is 0.733. The van der Waals surface area contributed by atoms with Crippen LogP contribution < -0.4 is 0 Å². The van der Waals surface area contributed by atoms with Gasteiger partial charge >= 0.3 is 11.9 Å². The number of esters is 2. The van der Waals surface area contributed by atoms with E-state index in [0.717, 1.165) is 0 Å². The highest BCUT2D eigenvalue weighted by Gasteiger charge is 2.76. The van der Waals surface area contributed by atoms with Crippen molar-refractivity contribution >= 4 is 11.9 Å². The fourth-order valence-electron chi connectivity index (χ4n) is 4.34. The van der Waals surface area contributed by atoms with Crippen molar-refractivity contribution in [2.75, 3.05) is 6.61 Å². The van der Waals surface area contributed by atoms with Crippen molar-refractivity contribution in [1.29, 1.82) is 10.5 Å². The van der Waals surface area contributed by atoms with E-state index < -0.39 is 28.8 Å². The van der Waals surface area contributed by atoms with E-state index in [0.29, 0.717) is 12.8 Å². The fraction of sp³-hybridized carbons (Fsp3) is 0.765. The number of carbonyl (C=O) groups excluding carboxylic acids is 2. The Balaban J connectivity index is 1.79. The molecule has 0 radical (unpaired) electrons. The summed E-state index contributed by atoms with van der Waals surface area (Å²) in [7, 11) is 0. The van der Waals surface area contributed by atoms with Gasteiger partial charge in [0.2, 0.25) is 0 Å². The van der Waals surface area contributed by atoms with Gasteiger partial charge in [0, 0.05) is 11.8 Å². The van der Waals surface area contributed by atoms with E-state index in [9.17, 15) is 20.1 Å². The number of hydrogen-bond acceptors (Lipinski definition) is 6. The zero-order valence-electron chi connectivity index (χ0n) is 13.5. The Bertz CT molecular complexity index is 644. The summed E-state index contributed by atoms with van der Waals surface area (Å²) in [6, 6.07) is 4.21. The van der Waals surface area contributed by atoms with E-state index >= 15 is 0 Å². The van der Waals surface area contributed by atoms with Crippen molar-refractivity contribution in [3.63, 3.8) is 0 Å². The predicted molar refractivity (Wildman–Crippen MR) is 77.1 cm³/mol. The molecule has 2 bridgehead atoms. The SMILES string of the molecule is CCC(C)(C)C(=O)OCC1C2CC3C1OC(=O)C3(C#N)C2C#N. The van der Waals surface area contributed by atoms with Crippen molar-refractivity contribution in [3.05, 3.63) is 0 Å². The van der Waals surface area contributed by atoms with Crippen LogP contribution in [0.25, 0.3) is 0 Å². The lowest BCUT2D eigenvalue weighted by Crippen LogP contribution is -2.43. The second-order valence-corrected chi connectivity index (χ2v) is 7.46. The highest BCUT2D eigenvalue weighted by atomic mass is 16.6. The average molecular weight is 316 g/mol. The van der Waals surface area contributed by atoms with Gasteiger partial charge in [-0.15, -0.1) is 0 Å². The number of nitrogens with zero attached hydrogens (tertiary/aromatic N) is 2. The third kappa shape index (κ3) is 1.84. The first kappa shape index (κ1) is 15.8. The van der Waals surface area contributed by atoms with Crippen LogP contribution >= 0.6 is 0 Å². The standard InChI is InChI=1S/C17H20N2O4/c1-4-16(2,3)14(20)22-7-10-9-5-11-13(10)23-15(21)17(11,8-19)12(9)6-18/h9-13H,4-5,7H2,1-3H3. The summed E-state index contributed by atoms with van der Waals surface area (Å²) in [5.41, 5.74) is -1.87. The molecule has 6 nitrogen and oxygen atoms in total. The van der Waals surface area contributed by atoms with E-state index in [1.54, 1.807) is 0 Å².